The number of ether oxygens (including phenoxy) is 1. The minimum Gasteiger partial charge on any atom is -0.469 e. The molecule has 0 aromatic heterocycles. The van der Waals surface area contributed by atoms with Crippen LogP contribution >= 0.6 is 0 Å². The first kappa shape index (κ1) is 9.23. The summed E-state index contributed by atoms with van der Waals surface area (Å²) in [5.41, 5.74) is 0.891. The lowest BCUT2D eigenvalue weighted by molar-refractivity contribution is -0.148. The molecule has 2 unspecified atom stereocenters. The number of methoxy groups -OCH3 is 1. The Kier molecular flexibility index (Phi) is 2.84. The standard InChI is InChI=1S/C9H13FO2/c1-6-3-4-7(8(10)5-6)9(11)12-2/h7-8H,1,3-5H2,2H3. The summed E-state index contributed by atoms with van der Waals surface area (Å²) < 4.78 is 17.7. The maximum atomic E-state index is 13.2. The first-order valence-corrected chi connectivity index (χ1v) is 4.03. The number of hydrogen-bond acceptors (Lipinski definition) is 2. The molecule has 2 atom stereocenters. The van der Waals surface area contributed by atoms with E-state index in [9.17, 15) is 9.18 Å². The fraction of sp³-hybridized carbons (Fsp3) is 0.667. The molecule has 1 aliphatic carbocycles. The molecule has 0 radical (unpaired) electrons. The van der Waals surface area contributed by atoms with Crippen LogP contribution < -0.4 is 0 Å². The van der Waals surface area contributed by atoms with Gasteiger partial charge in [0.25, 0.3) is 0 Å². The average Bonchev–Trinajstić information content (AvgIpc) is 2.03. The third-order valence-electron chi connectivity index (χ3n) is 2.23. The van der Waals surface area contributed by atoms with Gasteiger partial charge in [-0.2, -0.15) is 0 Å². The Balaban J connectivity index is 2.56. The van der Waals surface area contributed by atoms with Crippen LogP contribution in [0, 0.1) is 5.92 Å². The summed E-state index contributed by atoms with van der Waals surface area (Å²) in [6.07, 6.45) is 0.478. The van der Waals surface area contributed by atoms with Gasteiger partial charge >= 0.3 is 5.97 Å². The minimum absolute atomic E-state index is 0.305. The SMILES string of the molecule is C=C1CCC(C(=O)OC)C(F)C1. The van der Waals surface area contributed by atoms with Crippen LogP contribution in [0.25, 0.3) is 0 Å². The Morgan fingerprint density at radius 3 is 2.92 bits per heavy atom. The predicted octanol–water partition coefficient (Wildman–Crippen LogP) is 1.85. The first-order valence-electron chi connectivity index (χ1n) is 4.03. The highest BCUT2D eigenvalue weighted by molar-refractivity contribution is 5.73. The van der Waals surface area contributed by atoms with Gasteiger partial charge in [-0.15, -0.1) is 0 Å². The Morgan fingerprint density at radius 1 is 1.75 bits per heavy atom. The van der Waals surface area contributed by atoms with E-state index in [2.05, 4.69) is 11.3 Å². The summed E-state index contributed by atoms with van der Waals surface area (Å²) in [6.45, 7) is 3.69. The molecule has 0 saturated heterocycles. The van der Waals surface area contributed by atoms with Crippen LogP contribution in [-0.2, 0) is 9.53 Å². The lowest BCUT2D eigenvalue weighted by Crippen LogP contribution is -2.29. The molecule has 1 saturated carbocycles. The van der Waals surface area contributed by atoms with Crippen LogP contribution in [0.15, 0.2) is 12.2 Å². The second-order valence-electron chi connectivity index (χ2n) is 3.14. The molecule has 0 aromatic carbocycles. The van der Waals surface area contributed by atoms with Crippen LogP contribution in [0.1, 0.15) is 19.3 Å². The van der Waals surface area contributed by atoms with E-state index in [-0.39, 0.29) is 0 Å². The van der Waals surface area contributed by atoms with E-state index in [1.165, 1.54) is 7.11 Å². The van der Waals surface area contributed by atoms with Crippen molar-refractivity contribution in [3.8, 4) is 0 Å². The Labute approximate surface area is 71.4 Å². The van der Waals surface area contributed by atoms with Gasteiger partial charge in [0.05, 0.1) is 13.0 Å². The van der Waals surface area contributed by atoms with Gasteiger partial charge < -0.3 is 4.74 Å². The van der Waals surface area contributed by atoms with Crippen LogP contribution in [0.5, 0.6) is 0 Å². The van der Waals surface area contributed by atoms with Gasteiger partial charge in [-0.25, -0.2) is 4.39 Å². The molecular formula is C9H13FO2. The number of halogens is 1. The summed E-state index contributed by atoms with van der Waals surface area (Å²) in [5, 5.41) is 0. The molecule has 12 heavy (non-hydrogen) atoms. The van der Waals surface area contributed by atoms with Crippen LogP contribution in [-0.4, -0.2) is 19.3 Å². The molecule has 0 aromatic rings. The molecule has 0 amide bonds. The van der Waals surface area contributed by atoms with Crippen molar-refractivity contribution in [2.45, 2.75) is 25.4 Å². The number of hydrogen-bond donors (Lipinski definition) is 0. The van der Waals surface area contributed by atoms with Crippen molar-refractivity contribution in [1.29, 1.82) is 0 Å². The molecule has 1 fully saturated rings. The van der Waals surface area contributed by atoms with Crippen LogP contribution in [0.2, 0.25) is 0 Å². The minimum atomic E-state index is -1.10. The second kappa shape index (κ2) is 3.70. The molecule has 0 heterocycles. The molecule has 1 rings (SSSR count). The molecule has 68 valence electrons. The smallest absolute Gasteiger partial charge is 0.311 e. The van der Waals surface area contributed by atoms with Gasteiger partial charge in [-0.1, -0.05) is 12.2 Å². The molecular weight excluding hydrogens is 159 g/mol. The van der Waals surface area contributed by atoms with E-state index < -0.39 is 18.1 Å². The van der Waals surface area contributed by atoms with E-state index in [1.54, 1.807) is 0 Å². The molecule has 3 heteroatoms. The van der Waals surface area contributed by atoms with Gasteiger partial charge in [-0.3, -0.25) is 4.79 Å². The predicted molar refractivity (Wildman–Crippen MR) is 43.4 cm³/mol. The number of carbonyl (C=O) groups is 1. The lowest BCUT2D eigenvalue weighted by Gasteiger charge is -2.24. The fourth-order valence-electron chi connectivity index (χ4n) is 1.48. The zero-order chi connectivity index (χ0) is 9.14. The van der Waals surface area contributed by atoms with Gasteiger partial charge in [0, 0.05) is 6.42 Å². The summed E-state index contributed by atoms with van der Waals surface area (Å²) in [5.74, 6) is -1.00. The van der Waals surface area contributed by atoms with Gasteiger partial charge in [-0.05, 0) is 12.8 Å². The molecule has 2 nitrogen and oxygen atoms in total. The third kappa shape index (κ3) is 1.84. The van der Waals surface area contributed by atoms with Crippen molar-refractivity contribution in [2.75, 3.05) is 7.11 Å². The van der Waals surface area contributed by atoms with E-state index >= 15 is 0 Å². The van der Waals surface area contributed by atoms with E-state index in [1.807, 2.05) is 0 Å². The van der Waals surface area contributed by atoms with Crippen molar-refractivity contribution < 1.29 is 13.9 Å². The fourth-order valence-corrected chi connectivity index (χ4v) is 1.48. The topological polar surface area (TPSA) is 26.3 Å². The highest BCUT2D eigenvalue weighted by Crippen LogP contribution is 2.30. The first-order chi connectivity index (χ1) is 5.65. The number of carbonyl (C=O) groups excluding carboxylic acids is 1. The maximum absolute atomic E-state index is 13.2. The lowest BCUT2D eigenvalue weighted by atomic mass is 9.85. The normalized spacial score (nSPS) is 30.0. The Hall–Kier alpha value is -0.860. The van der Waals surface area contributed by atoms with Crippen molar-refractivity contribution in [3.63, 3.8) is 0 Å². The van der Waals surface area contributed by atoms with Gasteiger partial charge in [0.2, 0.25) is 0 Å². The number of allylic oxidation sites excluding steroid dienone is 1. The highest BCUT2D eigenvalue weighted by atomic mass is 19.1. The molecule has 0 spiro atoms. The summed E-state index contributed by atoms with van der Waals surface area (Å²) >= 11 is 0. The van der Waals surface area contributed by atoms with Crippen LogP contribution in [0.4, 0.5) is 4.39 Å². The Morgan fingerprint density at radius 2 is 2.42 bits per heavy atom. The average molecular weight is 172 g/mol. The quantitative estimate of drug-likeness (QED) is 0.445. The Bertz CT molecular complexity index is 201. The van der Waals surface area contributed by atoms with Crippen molar-refractivity contribution >= 4 is 5.97 Å². The number of alkyl halides is 1. The molecule has 0 aliphatic heterocycles. The third-order valence-corrected chi connectivity index (χ3v) is 2.23. The molecule has 1 aliphatic rings. The van der Waals surface area contributed by atoms with E-state index in [0.29, 0.717) is 12.8 Å². The summed E-state index contributed by atoms with van der Waals surface area (Å²) in [7, 11) is 1.29. The van der Waals surface area contributed by atoms with Crippen LogP contribution in [0.3, 0.4) is 0 Å². The molecule has 0 bridgehead atoms. The second-order valence-corrected chi connectivity index (χ2v) is 3.14. The maximum Gasteiger partial charge on any atom is 0.311 e. The summed E-state index contributed by atoms with van der Waals surface area (Å²) in [6, 6.07) is 0. The van der Waals surface area contributed by atoms with Gasteiger partial charge in [0.15, 0.2) is 0 Å². The van der Waals surface area contributed by atoms with Crippen molar-refractivity contribution in [3.05, 3.63) is 12.2 Å². The number of esters is 1. The largest absolute Gasteiger partial charge is 0.469 e. The highest BCUT2D eigenvalue weighted by Gasteiger charge is 2.32. The van der Waals surface area contributed by atoms with Crippen molar-refractivity contribution in [1.82, 2.24) is 0 Å². The monoisotopic (exact) mass is 172 g/mol. The van der Waals surface area contributed by atoms with Crippen molar-refractivity contribution in [2.24, 2.45) is 5.92 Å². The zero-order valence-electron chi connectivity index (χ0n) is 7.18. The van der Waals surface area contributed by atoms with Gasteiger partial charge in [0.1, 0.15) is 6.17 Å². The summed E-state index contributed by atoms with van der Waals surface area (Å²) in [4.78, 5) is 11.0. The zero-order valence-corrected chi connectivity index (χ0v) is 7.18. The van der Waals surface area contributed by atoms with E-state index in [4.69, 9.17) is 0 Å². The molecule has 0 N–H and O–H groups in total. The van der Waals surface area contributed by atoms with E-state index in [0.717, 1.165) is 12.0 Å². The number of rotatable bonds is 1.